The van der Waals surface area contributed by atoms with Crippen molar-refractivity contribution in [1.82, 2.24) is 9.80 Å². The number of nitrogens with zero attached hydrogens (tertiary/aromatic N) is 3. The van der Waals surface area contributed by atoms with Gasteiger partial charge in [-0.2, -0.15) is 0 Å². The molecule has 0 N–H and O–H groups in total. The van der Waals surface area contributed by atoms with Crippen molar-refractivity contribution in [3.63, 3.8) is 0 Å². The van der Waals surface area contributed by atoms with Gasteiger partial charge in [-0.25, -0.2) is 9.69 Å². The number of hydrogen-bond acceptors (Lipinski definition) is 5. The third-order valence-corrected chi connectivity index (χ3v) is 6.36. The van der Waals surface area contributed by atoms with Gasteiger partial charge >= 0.3 is 17.8 Å². The van der Waals surface area contributed by atoms with E-state index in [0.29, 0.717) is 24.9 Å². The van der Waals surface area contributed by atoms with E-state index in [0.717, 1.165) is 41.2 Å². The molecule has 8 heteroatoms. The zero-order chi connectivity index (χ0) is 21.4. The number of carbonyl (C=O) groups excluding carboxylic acids is 5. The third-order valence-electron chi connectivity index (χ3n) is 6.36. The predicted octanol–water partition coefficient (Wildman–Crippen LogP) is 2.37. The Morgan fingerprint density at radius 1 is 0.967 bits per heavy atom. The van der Waals surface area contributed by atoms with Crippen LogP contribution in [0.2, 0.25) is 0 Å². The van der Waals surface area contributed by atoms with Crippen molar-refractivity contribution in [1.29, 1.82) is 0 Å². The number of benzene rings is 1. The van der Waals surface area contributed by atoms with Gasteiger partial charge in [0, 0.05) is 30.3 Å². The second kappa shape index (κ2) is 8.01. The minimum Gasteiger partial charge on any atom is -0.312 e. The molecule has 2 aliphatic heterocycles. The molecule has 0 aromatic heterocycles. The molecule has 2 heterocycles. The Hall–Kier alpha value is -3.03. The largest absolute Gasteiger partial charge is 0.334 e. The van der Waals surface area contributed by atoms with Crippen molar-refractivity contribution < 1.29 is 24.0 Å². The maximum absolute atomic E-state index is 12.8. The highest BCUT2D eigenvalue weighted by Crippen LogP contribution is 2.31. The van der Waals surface area contributed by atoms with Crippen molar-refractivity contribution in [2.75, 3.05) is 18.0 Å². The fraction of sp³-hybridized carbons (Fsp3) is 0.500. The first-order valence-electron chi connectivity index (χ1n) is 10.5. The van der Waals surface area contributed by atoms with E-state index in [-0.39, 0.29) is 17.9 Å². The molecule has 1 aromatic rings. The number of imide groups is 2. The van der Waals surface area contributed by atoms with Crippen molar-refractivity contribution in [3.8, 4) is 0 Å². The number of hydrogen-bond donors (Lipinski definition) is 0. The maximum atomic E-state index is 12.8. The van der Waals surface area contributed by atoms with E-state index in [2.05, 4.69) is 0 Å². The Morgan fingerprint density at radius 2 is 1.67 bits per heavy atom. The average molecular weight is 411 g/mol. The summed E-state index contributed by atoms with van der Waals surface area (Å²) < 4.78 is 0. The molecule has 1 saturated carbocycles. The second-order valence-electron chi connectivity index (χ2n) is 8.30. The molecule has 0 spiro atoms. The summed E-state index contributed by atoms with van der Waals surface area (Å²) in [6.45, 7) is 2.17. The van der Waals surface area contributed by atoms with Crippen molar-refractivity contribution >= 4 is 35.2 Å². The zero-order valence-corrected chi connectivity index (χ0v) is 17.0. The summed E-state index contributed by atoms with van der Waals surface area (Å²) in [4.78, 5) is 65.7. The number of anilines is 1. The Balaban J connectivity index is 1.46. The van der Waals surface area contributed by atoms with Crippen molar-refractivity contribution in [2.45, 2.75) is 51.5 Å². The summed E-state index contributed by atoms with van der Waals surface area (Å²) in [7, 11) is 0. The molecule has 4 rings (SSSR count). The van der Waals surface area contributed by atoms with Crippen LogP contribution in [0.25, 0.3) is 0 Å². The third kappa shape index (κ3) is 3.51. The summed E-state index contributed by atoms with van der Waals surface area (Å²) in [6.07, 6.45) is 4.87. The van der Waals surface area contributed by atoms with Gasteiger partial charge in [-0.15, -0.1) is 0 Å². The molecule has 30 heavy (non-hydrogen) atoms. The van der Waals surface area contributed by atoms with Gasteiger partial charge in [0.2, 0.25) is 5.91 Å². The van der Waals surface area contributed by atoms with E-state index in [1.165, 1.54) is 0 Å². The molecule has 0 radical (unpaired) electrons. The number of amides is 5. The summed E-state index contributed by atoms with van der Waals surface area (Å²) in [5, 5.41) is 0. The van der Waals surface area contributed by atoms with Crippen LogP contribution in [0.3, 0.4) is 0 Å². The van der Waals surface area contributed by atoms with Crippen LogP contribution in [-0.2, 0) is 14.4 Å². The molecule has 5 amide bonds. The van der Waals surface area contributed by atoms with Crippen LogP contribution in [0.5, 0.6) is 0 Å². The van der Waals surface area contributed by atoms with Gasteiger partial charge in [-0.1, -0.05) is 19.8 Å². The molecule has 0 unspecified atom stereocenters. The number of carbonyl (C=O) groups is 5. The van der Waals surface area contributed by atoms with Crippen LogP contribution in [0.4, 0.5) is 10.5 Å². The highest BCUT2D eigenvalue weighted by atomic mass is 16.2. The smallest absolute Gasteiger partial charge is 0.312 e. The molecule has 1 aliphatic carbocycles. The van der Waals surface area contributed by atoms with Gasteiger partial charge in [0.25, 0.3) is 0 Å². The van der Waals surface area contributed by atoms with Crippen LogP contribution in [0, 0.1) is 5.92 Å². The highest BCUT2D eigenvalue weighted by Gasteiger charge is 2.49. The van der Waals surface area contributed by atoms with Gasteiger partial charge < -0.3 is 4.90 Å². The Labute approximate surface area is 174 Å². The molecule has 3 fully saturated rings. The Kier molecular flexibility index (Phi) is 5.40. The van der Waals surface area contributed by atoms with Gasteiger partial charge in [-0.05, 0) is 49.4 Å². The number of urea groups is 1. The standard InChI is InChI=1S/C22H25N3O5/c1-14-5-2-3-6-17(14)25-21(29)20(28)24(22(25)30)13-18(26)15-8-10-16(11-9-15)23-12-4-7-19(23)27/h8-11,14,17H,2-7,12-13H2,1H3/t14-,17-/m0/s1. The fourth-order valence-electron chi connectivity index (χ4n) is 4.62. The first kappa shape index (κ1) is 20.3. The molecule has 2 saturated heterocycles. The van der Waals surface area contributed by atoms with Crippen molar-refractivity contribution in [3.05, 3.63) is 29.8 Å². The molecular formula is C22H25N3O5. The second-order valence-corrected chi connectivity index (χ2v) is 8.30. The predicted molar refractivity (Wildman–Crippen MR) is 108 cm³/mol. The zero-order valence-electron chi connectivity index (χ0n) is 17.0. The minimum atomic E-state index is -0.939. The van der Waals surface area contributed by atoms with E-state index in [1.807, 2.05) is 6.92 Å². The van der Waals surface area contributed by atoms with Crippen LogP contribution in [-0.4, -0.2) is 58.5 Å². The lowest BCUT2D eigenvalue weighted by Gasteiger charge is -2.34. The first-order valence-corrected chi connectivity index (χ1v) is 10.5. The van der Waals surface area contributed by atoms with E-state index in [4.69, 9.17) is 0 Å². The normalized spacial score (nSPS) is 24.9. The molecule has 3 aliphatic rings. The summed E-state index contributed by atoms with van der Waals surface area (Å²) in [5.41, 5.74) is 1.04. The number of Topliss-reactive ketones (excluding diaryl/α,β-unsaturated/α-hetero) is 1. The Bertz CT molecular complexity index is 910. The van der Waals surface area contributed by atoms with Crippen molar-refractivity contribution in [2.24, 2.45) is 5.92 Å². The fourth-order valence-corrected chi connectivity index (χ4v) is 4.62. The molecule has 158 valence electrons. The number of rotatable bonds is 5. The molecule has 0 bridgehead atoms. The highest BCUT2D eigenvalue weighted by molar-refractivity contribution is 6.45. The lowest BCUT2D eigenvalue weighted by atomic mass is 9.85. The van der Waals surface area contributed by atoms with Gasteiger partial charge in [0.1, 0.15) is 0 Å². The van der Waals surface area contributed by atoms with E-state index in [9.17, 15) is 24.0 Å². The van der Waals surface area contributed by atoms with E-state index < -0.39 is 30.2 Å². The van der Waals surface area contributed by atoms with E-state index in [1.54, 1.807) is 29.2 Å². The molecule has 2 atom stereocenters. The minimum absolute atomic E-state index is 0.0536. The lowest BCUT2D eigenvalue weighted by molar-refractivity contribution is -0.144. The molecular weight excluding hydrogens is 386 g/mol. The monoisotopic (exact) mass is 411 g/mol. The van der Waals surface area contributed by atoms with E-state index >= 15 is 0 Å². The summed E-state index contributed by atoms with van der Waals surface area (Å²) in [5.74, 6) is -2.02. The van der Waals surface area contributed by atoms with Crippen LogP contribution in [0.15, 0.2) is 24.3 Å². The lowest BCUT2D eigenvalue weighted by Crippen LogP contribution is -2.46. The van der Waals surface area contributed by atoms with Crippen LogP contribution in [0.1, 0.15) is 55.8 Å². The first-order chi connectivity index (χ1) is 14.4. The topological polar surface area (TPSA) is 95.1 Å². The van der Waals surface area contributed by atoms with Gasteiger partial charge in [0.15, 0.2) is 5.78 Å². The quantitative estimate of drug-likeness (QED) is 0.421. The Morgan fingerprint density at radius 3 is 2.30 bits per heavy atom. The number of ketones is 1. The average Bonchev–Trinajstić information content (AvgIpc) is 3.26. The molecule has 8 nitrogen and oxygen atoms in total. The van der Waals surface area contributed by atoms with Crippen LogP contribution >= 0.6 is 0 Å². The summed E-state index contributed by atoms with van der Waals surface area (Å²) in [6, 6.07) is 5.54. The summed E-state index contributed by atoms with van der Waals surface area (Å²) >= 11 is 0. The van der Waals surface area contributed by atoms with Gasteiger partial charge in [-0.3, -0.25) is 24.1 Å². The van der Waals surface area contributed by atoms with Gasteiger partial charge in [0.05, 0.1) is 6.54 Å². The molecule has 1 aromatic carbocycles. The SMILES string of the molecule is C[C@H]1CCCC[C@@H]1N1C(=O)C(=O)N(CC(=O)c2ccc(N3CCCC3=O)cc2)C1=O. The maximum Gasteiger partial charge on any atom is 0.334 e. The van der Waals surface area contributed by atoms with Crippen LogP contribution < -0.4 is 4.90 Å².